The van der Waals surface area contributed by atoms with E-state index in [4.69, 9.17) is 0 Å². The Balaban J connectivity index is 1.83. The zero-order valence-electron chi connectivity index (χ0n) is 13.2. The third kappa shape index (κ3) is 3.63. The first-order valence-electron chi connectivity index (χ1n) is 8.17. The highest BCUT2D eigenvalue weighted by Crippen LogP contribution is 2.30. The minimum absolute atomic E-state index is 0.407. The van der Waals surface area contributed by atoms with Crippen LogP contribution < -0.4 is 5.32 Å². The monoisotopic (exact) mass is 282 g/mol. The lowest BCUT2D eigenvalue weighted by atomic mass is 9.98. The summed E-state index contributed by atoms with van der Waals surface area (Å²) in [5.74, 6) is 0.949. The van der Waals surface area contributed by atoms with Crippen molar-refractivity contribution in [2.45, 2.75) is 25.8 Å². The molecule has 2 aromatic rings. The van der Waals surface area contributed by atoms with Gasteiger partial charge in [0.1, 0.15) is 0 Å². The van der Waals surface area contributed by atoms with Gasteiger partial charge in [0.2, 0.25) is 0 Å². The number of likely N-dealkylation sites (N-methyl/N-ethyl adjacent to an activating group) is 2. The number of hydrogen-bond acceptors (Lipinski definition) is 2. The molecule has 0 heterocycles. The van der Waals surface area contributed by atoms with Crippen molar-refractivity contribution in [3.63, 3.8) is 0 Å². The van der Waals surface area contributed by atoms with Crippen molar-refractivity contribution in [3.8, 4) is 0 Å². The van der Waals surface area contributed by atoms with E-state index in [9.17, 15) is 0 Å². The molecule has 0 aliphatic heterocycles. The second kappa shape index (κ2) is 6.59. The molecular weight excluding hydrogens is 256 g/mol. The predicted octanol–water partition coefficient (Wildman–Crippen LogP) is 3.83. The van der Waals surface area contributed by atoms with Gasteiger partial charge in [0.05, 0.1) is 0 Å². The highest BCUT2D eigenvalue weighted by molar-refractivity contribution is 5.86. The van der Waals surface area contributed by atoms with Crippen molar-refractivity contribution in [3.05, 3.63) is 48.0 Å². The summed E-state index contributed by atoms with van der Waals surface area (Å²) in [7, 11) is 2.26. The third-order valence-electron chi connectivity index (χ3n) is 4.41. The molecule has 1 atom stereocenters. The first-order valence-corrected chi connectivity index (χ1v) is 8.17. The molecule has 1 aliphatic rings. The van der Waals surface area contributed by atoms with E-state index in [0.717, 1.165) is 19.0 Å². The Bertz CT molecular complexity index is 584. The quantitative estimate of drug-likeness (QED) is 0.830. The van der Waals surface area contributed by atoms with Gasteiger partial charge in [0, 0.05) is 19.1 Å². The number of nitrogens with zero attached hydrogens (tertiary/aromatic N) is 1. The van der Waals surface area contributed by atoms with E-state index in [1.807, 2.05) is 0 Å². The van der Waals surface area contributed by atoms with E-state index < -0.39 is 0 Å². The first kappa shape index (κ1) is 14.6. The molecule has 0 bridgehead atoms. The Kier molecular flexibility index (Phi) is 4.57. The Hall–Kier alpha value is -1.38. The van der Waals surface area contributed by atoms with Crippen molar-refractivity contribution in [2.75, 3.05) is 26.7 Å². The van der Waals surface area contributed by atoms with Gasteiger partial charge < -0.3 is 10.2 Å². The van der Waals surface area contributed by atoms with Crippen LogP contribution in [0.5, 0.6) is 0 Å². The lowest BCUT2D eigenvalue weighted by molar-refractivity contribution is 0.282. The van der Waals surface area contributed by atoms with Crippen LogP contribution in [0, 0.1) is 5.92 Å². The molecule has 21 heavy (non-hydrogen) atoms. The minimum atomic E-state index is 0.407. The first-order chi connectivity index (χ1) is 10.3. The van der Waals surface area contributed by atoms with Crippen molar-refractivity contribution < 1.29 is 0 Å². The summed E-state index contributed by atoms with van der Waals surface area (Å²) in [6.07, 6.45) is 2.84. The van der Waals surface area contributed by atoms with Crippen LogP contribution >= 0.6 is 0 Å². The van der Waals surface area contributed by atoms with Crippen LogP contribution in [0.3, 0.4) is 0 Å². The summed E-state index contributed by atoms with van der Waals surface area (Å²) < 4.78 is 0. The summed E-state index contributed by atoms with van der Waals surface area (Å²) in [6.45, 7) is 5.52. The fraction of sp³-hybridized carbons (Fsp3) is 0.474. The van der Waals surface area contributed by atoms with Crippen LogP contribution in [-0.4, -0.2) is 31.6 Å². The lowest BCUT2D eigenvalue weighted by Gasteiger charge is -2.26. The number of hydrogen-bond donors (Lipinski definition) is 1. The van der Waals surface area contributed by atoms with Crippen LogP contribution in [0.2, 0.25) is 0 Å². The van der Waals surface area contributed by atoms with Crippen LogP contribution in [0.1, 0.15) is 31.4 Å². The zero-order valence-corrected chi connectivity index (χ0v) is 13.2. The van der Waals surface area contributed by atoms with Crippen molar-refractivity contribution in [1.29, 1.82) is 0 Å². The Morgan fingerprint density at radius 1 is 1.14 bits per heavy atom. The molecule has 2 nitrogen and oxygen atoms in total. The SMILES string of the molecule is CCNC(CN(C)CC1CC1)c1cccc2ccccc12. The summed E-state index contributed by atoms with van der Waals surface area (Å²) in [5, 5.41) is 6.39. The Morgan fingerprint density at radius 3 is 2.67 bits per heavy atom. The molecule has 0 radical (unpaired) electrons. The Labute approximate surface area is 128 Å². The fourth-order valence-electron chi connectivity index (χ4n) is 3.20. The van der Waals surface area contributed by atoms with Gasteiger partial charge in [0.15, 0.2) is 0 Å². The molecule has 1 N–H and O–H groups in total. The molecule has 3 rings (SSSR count). The van der Waals surface area contributed by atoms with Gasteiger partial charge >= 0.3 is 0 Å². The topological polar surface area (TPSA) is 15.3 Å². The normalized spacial score (nSPS) is 16.5. The number of nitrogens with one attached hydrogen (secondary N) is 1. The second-order valence-corrected chi connectivity index (χ2v) is 6.34. The summed E-state index contributed by atoms with van der Waals surface area (Å²) in [5.41, 5.74) is 1.43. The highest BCUT2D eigenvalue weighted by Gasteiger charge is 2.24. The van der Waals surface area contributed by atoms with E-state index in [2.05, 4.69) is 66.7 Å². The molecule has 1 saturated carbocycles. The van der Waals surface area contributed by atoms with Gasteiger partial charge in [-0.05, 0) is 48.7 Å². The van der Waals surface area contributed by atoms with Gasteiger partial charge in [-0.15, -0.1) is 0 Å². The van der Waals surface area contributed by atoms with Crippen molar-refractivity contribution >= 4 is 10.8 Å². The predicted molar refractivity (Wildman–Crippen MR) is 90.6 cm³/mol. The van der Waals surface area contributed by atoms with Crippen LogP contribution in [0.4, 0.5) is 0 Å². The standard InChI is InChI=1S/C19H26N2/c1-3-20-19(14-21(2)13-15-11-12-15)18-10-6-8-16-7-4-5-9-17(16)18/h4-10,15,19-20H,3,11-14H2,1-2H3. The van der Waals surface area contributed by atoms with Gasteiger partial charge in [-0.2, -0.15) is 0 Å². The molecule has 1 aliphatic carbocycles. The molecule has 0 saturated heterocycles. The highest BCUT2D eigenvalue weighted by atomic mass is 15.1. The largest absolute Gasteiger partial charge is 0.309 e. The maximum Gasteiger partial charge on any atom is 0.0455 e. The zero-order chi connectivity index (χ0) is 14.7. The number of rotatable bonds is 7. The van der Waals surface area contributed by atoms with Gasteiger partial charge in [-0.3, -0.25) is 0 Å². The maximum absolute atomic E-state index is 3.67. The van der Waals surface area contributed by atoms with Crippen molar-refractivity contribution in [1.82, 2.24) is 10.2 Å². The third-order valence-corrected chi connectivity index (χ3v) is 4.41. The number of fused-ring (bicyclic) bond motifs is 1. The van der Waals surface area contributed by atoms with E-state index >= 15 is 0 Å². The summed E-state index contributed by atoms with van der Waals surface area (Å²) in [6, 6.07) is 15.8. The molecule has 2 aromatic carbocycles. The van der Waals surface area contributed by atoms with Crippen LogP contribution in [0.15, 0.2) is 42.5 Å². The maximum atomic E-state index is 3.67. The van der Waals surface area contributed by atoms with Gasteiger partial charge in [-0.1, -0.05) is 49.4 Å². The second-order valence-electron chi connectivity index (χ2n) is 6.34. The van der Waals surface area contributed by atoms with Gasteiger partial charge in [-0.25, -0.2) is 0 Å². The molecule has 0 amide bonds. The number of benzene rings is 2. The molecule has 0 spiro atoms. The van der Waals surface area contributed by atoms with Crippen molar-refractivity contribution in [2.24, 2.45) is 5.92 Å². The molecule has 0 aromatic heterocycles. The molecule has 2 heteroatoms. The minimum Gasteiger partial charge on any atom is -0.309 e. The molecule has 1 unspecified atom stereocenters. The van der Waals surface area contributed by atoms with E-state index in [0.29, 0.717) is 6.04 Å². The summed E-state index contributed by atoms with van der Waals surface area (Å²) >= 11 is 0. The average molecular weight is 282 g/mol. The molecular formula is C19H26N2. The average Bonchev–Trinajstić information content (AvgIpc) is 3.30. The Morgan fingerprint density at radius 2 is 1.90 bits per heavy atom. The van der Waals surface area contributed by atoms with E-state index in [1.165, 1.54) is 35.7 Å². The smallest absolute Gasteiger partial charge is 0.0455 e. The lowest BCUT2D eigenvalue weighted by Crippen LogP contribution is -2.34. The summed E-state index contributed by atoms with van der Waals surface area (Å²) in [4.78, 5) is 2.49. The molecule has 1 fully saturated rings. The van der Waals surface area contributed by atoms with E-state index in [-0.39, 0.29) is 0 Å². The van der Waals surface area contributed by atoms with Gasteiger partial charge in [0.25, 0.3) is 0 Å². The van der Waals surface area contributed by atoms with Crippen LogP contribution in [-0.2, 0) is 0 Å². The molecule has 112 valence electrons. The fourth-order valence-corrected chi connectivity index (χ4v) is 3.20. The van der Waals surface area contributed by atoms with Crippen LogP contribution in [0.25, 0.3) is 10.8 Å². The van der Waals surface area contributed by atoms with E-state index in [1.54, 1.807) is 0 Å².